The fourth-order valence-corrected chi connectivity index (χ4v) is 2.91. The largest absolute Gasteiger partial charge is 0.326 e. The molecule has 0 aliphatic heterocycles. The predicted octanol–water partition coefficient (Wildman–Crippen LogP) is 1.23. The number of carbonyl (C=O) groups excluding carboxylic acids is 3. The molecule has 0 aromatic heterocycles. The highest BCUT2D eigenvalue weighted by Crippen LogP contribution is 2.14. The van der Waals surface area contributed by atoms with E-state index in [1.807, 2.05) is 4.83 Å². The molecule has 0 aliphatic carbocycles. The highest BCUT2D eigenvalue weighted by Gasteiger charge is 2.16. The SMILES string of the molecule is CC(=O)Nc1ccc(C(=O)NNS(=O)(=O)c2ccc(NC(C)=O)cc2)cc1. The van der Waals surface area contributed by atoms with Gasteiger partial charge in [0.15, 0.2) is 0 Å². The number of benzene rings is 2. The number of sulfonamides is 1. The summed E-state index contributed by atoms with van der Waals surface area (Å²) in [6.45, 7) is 2.70. The number of hydrogen-bond donors (Lipinski definition) is 4. The van der Waals surface area contributed by atoms with Crippen molar-refractivity contribution in [1.29, 1.82) is 0 Å². The molecule has 10 heteroatoms. The Bertz CT molecular complexity index is 954. The molecule has 142 valence electrons. The standard InChI is InChI=1S/C17H18N4O5S/c1-11(22)18-14-5-3-13(4-6-14)17(24)20-21-27(25,26)16-9-7-15(8-10-16)19-12(2)23/h3-10,21H,1-2H3,(H,18,22)(H,19,23)(H,20,24). The molecule has 0 saturated heterocycles. The van der Waals surface area contributed by atoms with Gasteiger partial charge in [0.1, 0.15) is 0 Å². The maximum absolute atomic E-state index is 12.2. The minimum atomic E-state index is -3.98. The van der Waals surface area contributed by atoms with Gasteiger partial charge >= 0.3 is 0 Å². The number of amides is 3. The Balaban J connectivity index is 2.00. The third-order valence-corrected chi connectivity index (χ3v) is 4.51. The zero-order chi connectivity index (χ0) is 20.0. The van der Waals surface area contributed by atoms with E-state index in [9.17, 15) is 22.8 Å². The summed E-state index contributed by atoms with van der Waals surface area (Å²) in [6.07, 6.45) is 0. The van der Waals surface area contributed by atoms with Gasteiger partial charge < -0.3 is 10.6 Å². The van der Waals surface area contributed by atoms with Crippen molar-refractivity contribution in [1.82, 2.24) is 10.3 Å². The van der Waals surface area contributed by atoms with Gasteiger partial charge in [0.25, 0.3) is 15.9 Å². The number of hydrogen-bond acceptors (Lipinski definition) is 5. The van der Waals surface area contributed by atoms with Gasteiger partial charge in [-0.05, 0) is 48.5 Å². The monoisotopic (exact) mass is 390 g/mol. The summed E-state index contributed by atoms with van der Waals surface area (Å²) in [5.41, 5.74) is 3.27. The van der Waals surface area contributed by atoms with Crippen LogP contribution in [-0.2, 0) is 19.6 Å². The molecule has 27 heavy (non-hydrogen) atoms. The van der Waals surface area contributed by atoms with E-state index in [0.717, 1.165) is 0 Å². The molecule has 0 fully saturated rings. The van der Waals surface area contributed by atoms with E-state index in [4.69, 9.17) is 0 Å². The number of carbonyl (C=O) groups is 3. The number of nitrogens with one attached hydrogen (secondary N) is 4. The van der Waals surface area contributed by atoms with Gasteiger partial charge in [0.2, 0.25) is 11.8 Å². The van der Waals surface area contributed by atoms with E-state index in [1.54, 1.807) is 0 Å². The maximum Gasteiger partial charge on any atom is 0.266 e. The zero-order valence-corrected chi connectivity index (χ0v) is 15.4. The second-order valence-corrected chi connectivity index (χ2v) is 7.21. The molecular weight excluding hydrogens is 372 g/mol. The molecule has 0 spiro atoms. The fourth-order valence-electron chi connectivity index (χ4n) is 2.07. The Labute approximate surface area is 156 Å². The molecule has 2 aromatic carbocycles. The smallest absolute Gasteiger partial charge is 0.266 e. The average molecular weight is 390 g/mol. The van der Waals surface area contributed by atoms with Crippen LogP contribution in [0, 0.1) is 0 Å². The van der Waals surface area contributed by atoms with Crippen molar-refractivity contribution >= 4 is 39.1 Å². The predicted molar refractivity (Wildman–Crippen MR) is 99.3 cm³/mol. The van der Waals surface area contributed by atoms with Crippen molar-refractivity contribution in [3.05, 3.63) is 54.1 Å². The quantitative estimate of drug-likeness (QED) is 0.551. The van der Waals surface area contributed by atoms with Crippen molar-refractivity contribution in [2.45, 2.75) is 18.7 Å². The molecule has 0 aliphatic rings. The average Bonchev–Trinajstić information content (AvgIpc) is 2.60. The number of rotatable bonds is 6. The van der Waals surface area contributed by atoms with Crippen molar-refractivity contribution in [3.8, 4) is 0 Å². The zero-order valence-electron chi connectivity index (χ0n) is 14.6. The molecule has 0 atom stereocenters. The van der Waals surface area contributed by atoms with E-state index >= 15 is 0 Å². The summed E-state index contributed by atoms with van der Waals surface area (Å²) < 4.78 is 24.4. The van der Waals surface area contributed by atoms with Gasteiger partial charge in [-0.1, -0.05) is 0 Å². The van der Waals surface area contributed by atoms with Crippen LogP contribution in [0.2, 0.25) is 0 Å². The summed E-state index contributed by atoms with van der Waals surface area (Å²) in [7, 11) is -3.98. The lowest BCUT2D eigenvalue weighted by Gasteiger charge is -2.10. The topological polar surface area (TPSA) is 133 Å². The second-order valence-electron chi connectivity index (χ2n) is 5.52. The Hall–Kier alpha value is -3.24. The summed E-state index contributed by atoms with van der Waals surface area (Å²) in [6, 6.07) is 11.4. The van der Waals surface area contributed by atoms with Crippen LogP contribution in [-0.4, -0.2) is 26.1 Å². The van der Waals surface area contributed by atoms with E-state index in [-0.39, 0.29) is 22.3 Å². The molecule has 9 nitrogen and oxygen atoms in total. The van der Waals surface area contributed by atoms with Crippen LogP contribution in [0.1, 0.15) is 24.2 Å². The lowest BCUT2D eigenvalue weighted by Crippen LogP contribution is -2.41. The fraction of sp³-hybridized carbons (Fsp3) is 0.118. The van der Waals surface area contributed by atoms with Gasteiger partial charge in [-0.3, -0.25) is 19.8 Å². The normalized spacial score (nSPS) is 10.7. The molecule has 0 heterocycles. The van der Waals surface area contributed by atoms with Crippen molar-refractivity contribution in [3.63, 3.8) is 0 Å². The summed E-state index contributed by atoms with van der Waals surface area (Å²) in [5, 5.41) is 5.08. The first-order valence-corrected chi connectivity index (χ1v) is 9.23. The van der Waals surface area contributed by atoms with E-state index < -0.39 is 15.9 Å². The van der Waals surface area contributed by atoms with Crippen molar-refractivity contribution in [2.75, 3.05) is 10.6 Å². The molecule has 0 radical (unpaired) electrons. The van der Waals surface area contributed by atoms with E-state index in [2.05, 4.69) is 16.1 Å². The van der Waals surface area contributed by atoms with Crippen LogP contribution in [0.4, 0.5) is 11.4 Å². The Morgan fingerprint density at radius 2 is 1.19 bits per heavy atom. The molecule has 0 unspecified atom stereocenters. The van der Waals surface area contributed by atoms with Gasteiger partial charge in [-0.15, -0.1) is 4.83 Å². The van der Waals surface area contributed by atoms with Crippen molar-refractivity contribution < 1.29 is 22.8 Å². The highest BCUT2D eigenvalue weighted by atomic mass is 32.2. The Morgan fingerprint density at radius 1 is 0.741 bits per heavy atom. The first kappa shape index (κ1) is 20.1. The maximum atomic E-state index is 12.2. The van der Waals surface area contributed by atoms with Crippen molar-refractivity contribution in [2.24, 2.45) is 0 Å². The summed E-state index contributed by atoms with van der Waals surface area (Å²) >= 11 is 0. The Kier molecular flexibility index (Phi) is 6.27. The van der Waals surface area contributed by atoms with E-state index in [1.165, 1.54) is 62.4 Å². The lowest BCUT2D eigenvalue weighted by molar-refractivity contribution is -0.115. The number of hydrazine groups is 1. The molecule has 4 N–H and O–H groups in total. The minimum Gasteiger partial charge on any atom is -0.326 e. The third kappa shape index (κ3) is 5.90. The van der Waals surface area contributed by atoms with Gasteiger partial charge in [-0.25, -0.2) is 8.42 Å². The second kappa shape index (κ2) is 8.43. The minimum absolute atomic E-state index is 0.0853. The third-order valence-electron chi connectivity index (χ3n) is 3.25. The highest BCUT2D eigenvalue weighted by molar-refractivity contribution is 7.89. The molecule has 0 saturated carbocycles. The first-order valence-electron chi connectivity index (χ1n) is 7.75. The van der Waals surface area contributed by atoms with Gasteiger partial charge in [0, 0.05) is 30.8 Å². The Morgan fingerprint density at radius 3 is 1.63 bits per heavy atom. The van der Waals surface area contributed by atoms with Crippen LogP contribution in [0.5, 0.6) is 0 Å². The van der Waals surface area contributed by atoms with Crippen LogP contribution < -0.4 is 20.9 Å². The summed E-state index contributed by atoms with van der Waals surface area (Å²) in [5.74, 6) is -1.19. The van der Waals surface area contributed by atoms with Gasteiger partial charge in [-0.2, -0.15) is 0 Å². The van der Waals surface area contributed by atoms with Crippen LogP contribution in [0.3, 0.4) is 0 Å². The molecular formula is C17H18N4O5S. The molecule has 0 bridgehead atoms. The van der Waals surface area contributed by atoms with Gasteiger partial charge in [0.05, 0.1) is 4.90 Å². The van der Waals surface area contributed by atoms with Crippen LogP contribution in [0.15, 0.2) is 53.4 Å². The first-order chi connectivity index (χ1) is 12.7. The van der Waals surface area contributed by atoms with E-state index in [0.29, 0.717) is 11.4 Å². The molecule has 3 amide bonds. The number of anilines is 2. The lowest BCUT2D eigenvalue weighted by atomic mass is 10.2. The molecule has 2 rings (SSSR count). The van der Waals surface area contributed by atoms with Crippen LogP contribution >= 0.6 is 0 Å². The molecule has 2 aromatic rings. The van der Waals surface area contributed by atoms with Crippen LogP contribution in [0.25, 0.3) is 0 Å². The summed E-state index contributed by atoms with van der Waals surface area (Å²) in [4.78, 5) is 35.9.